The van der Waals surface area contributed by atoms with Crippen LogP contribution in [0.25, 0.3) is 5.69 Å². The number of hydrogen-bond acceptors (Lipinski definition) is 3. The van der Waals surface area contributed by atoms with Gasteiger partial charge in [-0.05, 0) is 51.0 Å². The van der Waals surface area contributed by atoms with Crippen LogP contribution in [0.4, 0.5) is 0 Å². The van der Waals surface area contributed by atoms with Gasteiger partial charge in [0.15, 0.2) is 0 Å². The molecule has 1 aromatic carbocycles. The molecule has 0 fully saturated rings. The van der Waals surface area contributed by atoms with Gasteiger partial charge in [-0.1, -0.05) is 16.8 Å². The van der Waals surface area contributed by atoms with E-state index in [0.717, 1.165) is 20.3 Å². The largest absolute Gasteiger partial charge is 0.314 e. The van der Waals surface area contributed by atoms with Crippen LogP contribution in [-0.4, -0.2) is 22.0 Å². The molecule has 0 saturated carbocycles. The third-order valence-electron chi connectivity index (χ3n) is 2.11. The minimum atomic E-state index is 0.656. The maximum Gasteiger partial charge on any atom is 0.0969 e. The van der Waals surface area contributed by atoms with E-state index in [2.05, 4.69) is 47.5 Å². The molecule has 0 bridgehead atoms. The average molecular weight is 380 g/mol. The van der Waals surface area contributed by atoms with Gasteiger partial charge in [0.25, 0.3) is 0 Å². The highest BCUT2D eigenvalue weighted by molar-refractivity contribution is 9.11. The van der Waals surface area contributed by atoms with Crippen LogP contribution >= 0.6 is 43.5 Å². The summed E-state index contributed by atoms with van der Waals surface area (Å²) >= 11 is 12.9. The minimum absolute atomic E-state index is 0.656. The van der Waals surface area contributed by atoms with Gasteiger partial charge in [0, 0.05) is 20.5 Å². The molecule has 0 aliphatic carbocycles. The maximum absolute atomic E-state index is 5.95. The molecule has 0 atom stereocenters. The van der Waals surface area contributed by atoms with E-state index in [4.69, 9.17) is 11.6 Å². The van der Waals surface area contributed by atoms with E-state index >= 15 is 0 Å². The molecule has 0 radical (unpaired) electrons. The smallest absolute Gasteiger partial charge is 0.0969 e. The van der Waals surface area contributed by atoms with Gasteiger partial charge in [0.2, 0.25) is 0 Å². The van der Waals surface area contributed by atoms with Crippen molar-refractivity contribution in [1.29, 1.82) is 0 Å². The zero-order valence-electron chi connectivity index (χ0n) is 8.91. The predicted octanol–water partition coefficient (Wildman–Crippen LogP) is 3.17. The first-order valence-corrected chi connectivity index (χ1v) is 6.79. The summed E-state index contributed by atoms with van der Waals surface area (Å²) < 4.78 is 3.42. The van der Waals surface area contributed by atoms with Gasteiger partial charge in [-0.3, -0.25) is 0 Å². The van der Waals surface area contributed by atoms with E-state index in [9.17, 15) is 0 Å². The lowest BCUT2D eigenvalue weighted by Crippen LogP contribution is -2.05. The summed E-state index contributed by atoms with van der Waals surface area (Å²) in [7, 11) is 1.87. The monoisotopic (exact) mass is 378 g/mol. The van der Waals surface area contributed by atoms with Gasteiger partial charge in [-0.25, -0.2) is 4.68 Å². The highest BCUT2D eigenvalue weighted by atomic mass is 79.9. The van der Waals surface area contributed by atoms with Gasteiger partial charge < -0.3 is 5.32 Å². The zero-order chi connectivity index (χ0) is 12.4. The summed E-state index contributed by atoms with van der Waals surface area (Å²) in [6, 6.07) is 3.64. The molecule has 17 heavy (non-hydrogen) atoms. The van der Waals surface area contributed by atoms with Crippen molar-refractivity contribution in [3.05, 3.63) is 38.0 Å². The van der Waals surface area contributed by atoms with Crippen molar-refractivity contribution >= 4 is 43.5 Å². The lowest BCUT2D eigenvalue weighted by Gasteiger charge is -2.06. The minimum Gasteiger partial charge on any atom is -0.314 e. The number of halogens is 3. The number of aromatic nitrogens is 3. The Morgan fingerprint density at radius 1 is 1.35 bits per heavy atom. The average Bonchev–Trinajstić information content (AvgIpc) is 2.65. The molecule has 4 nitrogen and oxygen atoms in total. The van der Waals surface area contributed by atoms with Crippen molar-refractivity contribution in [2.24, 2.45) is 0 Å². The molecule has 2 aromatic rings. The zero-order valence-corrected chi connectivity index (χ0v) is 12.8. The van der Waals surface area contributed by atoms with Gasteiger partial charge >= 0.3 is 0 Å². The van der Waals surface area contributed by atoms with Crippen LogP contribution in [0.5, 0.6) is 0 Å². The Morgan fingerprint density at radius 2 is 2.00 bits per heavy atom. The van der Waals surface area contributed by atoms with E-state index in [1.165, 1.54) is 0 Å². The molecule has 1 heterocycles. The lowest BCUT2D eigenvalue weighted by atomic mass is 10.3. The van der Waals surface area contributed by atoms with Crippen molar-refractivity contribution in [2.45, 2.75) is 6.54 Å². The van der Waals surface area contributed by atoms with Crippen molar-refractivity contribution in [3.8, 4) is 5.69 Å². The predicted molar refractivity (Wildman–Crippen MR) is 74.5 cm³/mol. The van der Waals surface area contributed by atoms with Gasteiger partial charge in [-0.15, -0.1) is 5.10 Å². The third-order valence-corrected chi connectivity index (χ3v) is 3.54. The molecule has 1 aromatic heterocycles. The van der Waals surface area contributed by atoms with E-state index in [1.54, 1.807) is 4.68 Å². The Kier molecular flexibility index (Phi) is 4.19. The Balaban J connectivity index is 2.45. The topological polar surface area (TPSA) is 42.7 Å². The molecule has 0 saturated heterocycles. The van der Waals surface area contributed by atoms with Gasteiger partial charge in [0.1, 0.15) is 0 Å². The van der Waals surface area contributed by atoms with Crippen LogP contribution in [0.15, 0.2) is 27.3 Å². The third kappa shape index (κ3) is 2.88. The maximum atomic E-state index is 5.95. The molecule has 0 aliphatic heterocycles. The second-order valence-electron chi connectivity index (χ2n) is 3.40. The van der Waals surface area contributed by atoms with E-state index in [1.807, 2.05) is 25.4 Å². The van der Waals surface area contributed by atoms with Crippen molar-refractivity contribution in [2.75, 3.05) is 7.05 Å². The molecule has 0 aliphatic rings. The highest BCUT2D eigenvalue weighted by Gasteiger charge is 2.11. The Labute approximate surface area is 121 Å². The number of benzene rings is 1. The number of hydrogen-bond donors (Lipinski definition) is 1. The van der Waals surface area contributed by atoms with Gasteiger partial charge in [0.05, 0.1) is 17.6 Å². The van der Waals surface area contributed by atoms with E-state index < -0.39 is 0 Å². The standard InChI is InChI=1S/C10H9Br2ClN4/c1-14-4-7-5-17(16-15-7)10-8(11)2-6(13)3-9(10)12/h2-3,5,14H,4H2,1H3. The summed E-state index contributed by atoms with van der Waals surface area (Å²) in [5.41, 5.74) is 1.76. The first kappa shape index (κ1) is 13.0. The number of rotatable bonds is 3. The molecule has 90 valence electrons. The summed E-state index contributed by atoms with van der Waals surface area (Å²) in [5.74, 6) is 0. The van der Waals surface area contributed by atoms with Crippen LogP contribution in [0.2, 0.25) is 5.02 Å². The van der Waals surface area contributed by atoms with Crippen molar-refractivity contribution < 1.29 is 0 Å². The molecule has 0 spiro atoms. The number of nitrogens with one attached hydrogen (secondary N) is 1. The second-order valence-corrected chi connectivity index (χ2v) is 5.55. The van der Waals surface area contributed by atoms with Crippen LogP contribution < -0.4 is 5.32 Å². The second kappa shape index (κ2) is 5.48. The summed E-state index contributed by atoms with van der Waals surface area (Å²) in [4.78, 5) is 0. The fraction of sp³-hybridized carbons (Fsp3) is 0.200. The Hall–Kier alpha value is -0.430. The van der Waals surface area contributed by atoms with E-state index in [0.29, 0.717) is 11.6 Å². The molecule has 0 amide bonds. The summed E-state index contributed by atoms with van der Waals surface area (Å²) in [6.07, 6.45) is 1.87. The Morgan fingerprint density at radius 3 is 2.59 bits per heavy atom. The van der Waals surface area contributed by atoms with E-state index in [-0.39, 0.29) is 0 Å². The quantitative estimate of drug-likeness (QED) is 0.890. The molecule has 0 unspecified atom stereocenters. The normalized spacial score (nSPS) is 10.8. The van der Waals surface area contributed by atoms with Gasteiger partial charge in [-0.2, -0.15) is 0 Å². The highest BCUT2D eigenvalue weighted by Crippen LogP contribution is 2.32. The first-order valence-electron chi connectivity index (χ1n) is 4.82. The van der Waals surface area contributed by atoms with Crippen LogP contribution in [0.3, 0.4) is 0 Å². The van der Waals surface area contributed by atoms with Crippen molar-refractivity contribution in [3.63, 3.8) is 0 Å². The molecule has 7 heteroatoms. The summed E-state index contributed by atoms with van der Waals surface area (Å²) in [6.45, 7) is 0.683. The molecular weight excluding hydrogens is 371 g/mol. The fourth-order valence-electron chi connectivity index (χ4n) is 1.42. The SMILES string of the molecule is CNCc1cn(-c2c(Br)cc(Cl)cc2Br)nn1. The van der Waals surface area contributed by atoms with Crippen LogP contribution in [-0.2, 0) is 6.54 Å². The Bertz CT molecular complexity index is 518. The van der Waals surface area contributed by atoms with Crippen LogP contribution in [0, 0.1) is 0 Å². The van der Waals surface area contributed by atoms with Crippen molar-refractivity contribution in [1.82, 2.24) is 20.3 Å². The number of nitrogens with zero attached hydrogens (tertiary/aromatic N) is 3. The van der Waals surface area contributed by atoms with Crippen LogP contribution in [0.1, 0.15) is 5.69 Å². The molecule has 1 N–H and O–H groups in total. The first-order chi connectivity index (χ1) is 8.11. The molecule has 2 rings (SSSR count). The lowest BCUT2D eigenvalue weighted by molar-refractivity contribution is 0.765. The molecular formula is C10H9Br2ClN4. The summed E-state index contributed by atoms with van der Waals surface area (Å²) in [5, 5.41) is 11.8. The fourth-order valence-corrected chi connectivity index (χ4v) is 3.45.